The van der Waals surface area contributed by atoms with Gasteiger partial charge in [-0.05, 0) is 142 Å². The van der Waals surface area contributed by atoms with Gasteiger partial charge < -0.3 is 58.7 Å². The van der Waals surface area contributed by atoms with Gasteiger partial charge in [-0.1, -0.05) is 58.7 Å². The minimum absolute atomic E-state index is 0.0456. The number of carbonyl (C=O) groups excluding carboxylic acids is 4. The van der Waals surface area contributed by atoms with E-state index in [1.54, 1.807) is 59.6 Å². The standard InChI is InChI=1S/C64H81Cl2N11O10S/c1-73(23-4-5-30-86-54-16-6-46(7-17-54)10-21-58(78)77(64-40-48(41-64)42-64)60(49-11-20-56(65)57(66)38-49)61(80)67-43-47-8-14-53(82-3)15-9-47)28-32-84-35-34-83-31-22-51-44-76(72-71-51)29-33-85-36-37-87-55-18-12-50(13-19-55)68-62(81)70-63-69-52(45-88-63)39-59(79)75-26-24-74(2)25-27-75/h6-9,11-20,38,44-45,48,60H,4-5,10,21-37,39-43H2,1-3H3,(H,67,80)(H2,68,69,70,81). The molecule has 1 saturated heterocycles. The third-order valence-corrected chi connectivity index (χ3v) is 17.6. The highest BCUT2D eigenvalue weighted by atomic mass is 35.5. The molecule has 3 aliphatic carbocycles. The maximum absolute atomic E-state index is 14.4. The summed E-state index contributed by atoms with van der Waals surface area (Å²) < 4.78 is 36.3. The molecule has 4 aromatic carbocycles. The Morgan fingerprint density at radius 1 is 0.727 bits per heavy atom. The number of hydrogen-bond donors (Lipinski definition) is 3. The number of thiazole rings is 1. The van der Waals surface area contributed by atoms with E-state index < -0.39 is 12.1 Å². The fourth-order valence-corrected chi connectivity index (χ4v) is 11.9. The van der Waals surface area contributed by atoms with Crippen LogP contribution in [0, 0.1) is 5.92 Å². The number of carbonyl (C=O) groups is 4. The first-order valence-corrected chi connectivity index (χ1v) is 31.8. The Hall–Kier alpha value is -6.89. The number of likely N-dealkylation sites (N-methyl/N-ethyl adjacent to an activating group) is 2. The van der Waals surface area contributed by atoms with E-state index >= 15 is 0 Å². The van der Waals surface area contributed by atoms with Crippen LogP contribution in [0.25, 0.3) is 0 Å². The molecular formula is C64H81Cl2N11O10S. The first kappa shape index (κ1) is 65.6. The molecule has 21 nitrogen and oxygen atoms in total. The summed E-state index contributed by atoms with van der Waals surface area (Å²) in [5, 5.41) is 20.0. The van der Waals surface area contributed by atoms with Crippen molar-refractivity contribution in [3.8, 4) is 17.2 Å². The van der Waals surface area contributed by atoms with Crippen LogP contribution in [0.5, 0.6) is 17.2 Å². The first-order valence-electron chi connectivity index (χ1n) is 30.2. The third kappa shape index (κ3) is 19.6. The Balaban J connectivity index is 0.568. The molecule has 4 fully saturated rings. The lowest BCUT2D eigenvalue weighted by Gasteiger charge is -2.67. The SMILES string of the molecule is COc1ccc(CNC(=O)C(c2ccc(Cl)c(Cl)c2)N(C(=O)CCc2ccc(OCCCCN(C)CCOCCOCCc3cn(CCOCCOc4ccc(NC(=O)Nc5nc(CC(=O)N6CCN(C)CC6)cs5)cc4)nn3)cc2)C23CC(C2)C3)cc1. The topological polar surface area (TPSA) is 216 Å². The lowest BCUT2D eigenvalue weighted by molar-refractivity contribution is -0.185. The summed E-state index contributed by atoms with van der Waals surface area (Å²) in [6.45, 7) is 9.66. The van der Waals surface area contributed by atoms with Crippen LogP contribution < -0.4 is 30.2 Å². The number of halogens is 2. The molecule has 0 radical (unpaired) electrons. The molecule has 1 aliphatic heterocycles. The van der Waals surface area contributed by atoms with E-state index in [2.05, 4.69) is 48.1 Å². The summed E-state index contributed by atoms with van der Waals surface area (Å²) in [5.41, 5.74) is 4.29. The molecule has 3 saturated carbocycles. The number of benzene rings is 4. The molecule has 2 bridgehead atoms. The van der Waals surface area contributed by atoms with Crippen molar-refractivity contribution in [2.24, 2.45) is 5.92 Å². The fourth-order valence-electron chi connectivity index (χ4n) is 10.9. The second kappa shape index (κ2) is 33.1. The zero-order valence-electron chi connectivity index (χ0n) is 50.5. The van der Waals surface area contributed by atoms with E-state index in [0.29, 0.717) is 136 Å². The molecule has 4 aliphatic rings. The number of ether oxygens (including phenoxy) is 6. The second-order valence-corrected chi connectivity index (χ2v) is 24.3. The average molecular weight is 1270 g/mol. The highest BCUT2D eigenvalue weighted by molar-refractivity contribution is 7.14. The molecule has 3 heterocycles. The van der Waals surface area contributed by atoms with Crippen molar-refractivity contribution >= 4 is 69.1 Å². The van der Waals surface area contributed by atoms with Gasteiger partial charge in [-0.25, -0.2) is 14.5 Å². The number of amides is 5. The van der Waals surface area contributed by atoms with Crippen molar-refractivity contribution in [2.75, 3.05) is 124 Å². The monoisotopic (exact) mass is 1270 g/mol. The van der Waals surface area contributed by atoms with Crippen molar-refractivity contribution in [1.29, 1.82) is 0 Å². The maximum Gasteiger partial charge on any atom is 0.325 e. The van der Waals surface area contributed by atoms with Crippen LogP contribution in [-0.2, 0) is 60.9 Å². The van der Waals surface area contributed by atoms with Crippen LogP contribution in [0.15, 0.2) is 103 Å². The zero-order valence-corrected chi connectivity index (χ0v) is 52.8. The Bertz CT molecular complexity index is 3170. The Kier molecular flexibility index (Phi) is 24.6. The highest BCUT2D eigenvalue weighted by Gasteiger charge is 2.63. The fraction of sp³-hybridized carbons (Fsp3) is 0.484. The van der Waals surface area contributed by atoms with Crippen LogP contribution >= 0.6 is 34.5 Å². The highest BCUT2D eigenvalue weighted by Crippen LogP contribution is 2.62. The van der Waals surface area contributed by atoms with Crippen LogP contribution in [0.2, 0.25) is 10.0 Å². The first-order chi connectivity index (χ1) is 42.8. The lowest BCUT2D eigenvalue weighted by atomic mass is 9.48. The Labute approximate surface area is 529 Å². The minimum Gasteiger partial charge on any atom is -0.497 e. The molecule has 6 aromatic rings. The Morgan fingerprint density at radius 3 is 2.12 bits per heavy atom. The predicted octanol–water partition coefficient (Wildman–Crippen LogP) is 8.84. The van der Waals surface area contributed by atoms with Crippen LogP contribution in [0.4, 0.5) is 15.6 Å². The minimum atomic E-state index is -0.864. The van der Waals surface area contributed by atoms with Crippen LogP contribution in [-0.4, -0.2) is 182 Å². The molecule has 24 heteroatoms. The predicted molar refractivity (Wildman–Crippen MR) is 339 cm³/mol. The smallest absolute Gasteiger partial charge is 0.325 e. The van der Waals surface area contributed by atoms with Gasteiger partial charge in [-0.15, -0.1) is 16.4 Å². The number of nitrogens with one attached hydrogen (secondary N) is 3. The molecule has 1 atom stereocenters. The summed E-state index contributed by atoms with van der Waals surface area (Å²) >= 11 is 14.1. The third-order valence-electron chi connectivity index (χ3n) is 16.0. The van der Waals surface area contributed by atoms with Gasteiger partial charge in [0.25, 0.3) is 0 Å². The number of aromatic nitrogens is 4. The van der Waals surface area contributed by atoms with Crippen LogP contribution in [0.1, 0.15) is 72.6 Å². The maximum atomic E-state index is 14.4. The number of piperazine rings is 1. The quantitative estimate of drug-likeness (QED) is 0.0313. The summed E-state index contributed by atoms with van der Waals surface area (Å²) in [6.07, 6.45) is 8.09. The molecule has 88 heavy (non-hydrogen) atoms. The van der Waals surface area contributed by atoms with Gasteiger partial charge >= 0.3 is 6.03 Å². The molecule has 5 amide bonds. The van der Waals surface area contributed by atoms with Gasteiger partial charge in [-0.2, -0.15) is 0 Å². The van der Waals surface area contributed by atoms with Crippen molar-refractivity contribution in [3.63, 3.8) is 0 Å². The number of nitrogens with zero attached hydrogens (tertiary/aromatic N) is 8. The van der Waals surface area contributed by atoms with Gasteiger partial charge in [0.2, 0.25) is 17.7 Å². The molecule has 0 spiro atoms. The van der Waals surface area contributed by atoms with Crippen molar-refractivity contribution in [1.82, 2.24) is 44.9 Å². The average Bonchev–Trinajstić information content (AvgIpc) is 0.830. The van der Waals surface area contributed by atoms with Gasteiger partial charge in [0.1, 0.15) is 29.9 Å². The van der Waals surface area contributed by atoms with E-state index in [-0.39, 0.29) is 36.1 Å². The number of urea groups is 1. The van der Waals surface area contributed by atoms with E-state index in [4.69, 9.17) is 51.6 Å². The van der Waals surface area contributed by atoms with Crippen LogP contribution in [0.3, 0.4) is 0 Å². The van der Waals surface area contributed by atoms with E-state index in [1.807, 2.05) is 71.6 Å². The molecule has 10 rings (SSSR count). The number of anilines is 2. The largest absolute Gasteiger partial charge is 0.497 e. The van der Waals surface area contributed by atoms with E-state index in [9.17, 15) is 19.2 Å². The van der Waals surface area contributed by atoms with E-state index in [1.165, 1.54) is 11.3 Å². The summed E-state index contributed by atoms with van der Waals surface area (Å²) in [7, 11) is 5.75. The van der Waals surface area contributed by atoms with Gasteiger partial charge in [0.05, 0.1) is 87.8 Å². The molecular weight excluding hydrogens is 1190 g/mol. The van der Waals surface area contributed by atoms with Gasteiger partial charge in [0, 0.05) is 74.9 Å². The molecule has 2 aromatic heterocycles. The normalized spacial score (nSPS) is 16.5. The summed E-state index contributed by atoms with van der Waals surface area (Å²) in [6, 6.07) is 26.4. The molecule has 3 N–H and O–H groups in total. The number of methoxy groups -OCH3 is 1. The second-order valence-electron chi connectivity index (χ2n) is 22.6. The summed E-state index contributed by atoms with van der Waals surface area (Å²) in [4.78, 5) is 66.5. The van der Waals surface area contributed by atoms with Gasteiger partial charge in [-0.3, -0.25) is 19.7 Å². The zero-order chi connectivity index (χ0) is 61.7. The lowest BCUT2D eigenvalue weighted by Crippen LogP contribution is -2.71. The Morgan fingerprint density at radius 2 is 1.41 bits per heavy atom. The van der Waals surface area contributed by atoms with Crippen molar-refractivity contribution in [3.05, 3.63) is 141 Å². The van der Waals surface area contributed by atoms with Crippen molar-refractivity contribution in [2.45, 2.75) is 82.5 Å². The number of unbranched alkanes of at least 4 members (excludes halogenated alkanes) is 1. The molecule has 472 valence electrons. The van der Waals surface area contributed by atoms with Gasteiger partial charge in [0.15, 0.2) is 5.13 Å². The summed E-state index contributed by atoms with van der Waals surface area (Å²) in [5.74, 6) is 2.46. The number of hydrogen-bond acceptors (Lipinski definition) is 16. The van der Waals surface area contributed by atoms with E-state index in [0.717, 1.165) is 86.6 Å². The molecule has 1 unspecified atom stereocenters. The van der Waals surface area contributed by atoms with Crippen molar-refractivity contribution < 1.29 is 47.6 Å². The number of rotatable bonds is 36. The number of aryl methyl sites for hydroxylation is 1.